The Morgan fingerprint density at radius 1 is 1.18 bits per heavy atom. The maximum atomic E-state index is 12.5. The van der Waals surface area contributed by atoms with Crippen LogP contribution >= 0.6 is 0 Å². The fraction of sp³-hybridized carbons (Fsp3) is 0.533. The predicted octanol–water partition coefficient (Wildman–Crippen LogP) is 1.37. The third-order valence-corrected chi connectivity index (χ3v) is 5.62. The van der Waals surface area contributed by atoms with Gasteiger partial charge in [0.05, 0.1) is 4.90 Å². The van der Waals surface area contributed by atoms with Crippen molar-refractivity contribution in [1.82, 2.24) is 9.62 Å². The molecule has 1 atom stereocenters. The number of nitrogens with zero attached hydrogens (tertiary/aromatic N) is 1. The van der Waals surface area contributed by atoms with Gasteiger partial charge >= 0.3 is 0 Å². The predicted molar refractivity (Wildman–Crippen MR) is 83.2 cm³/mol. The Kier molecular flexibility index (Phi) is 5.42. The van der Waals surface area contributed by atoms with Gasteiger partial charge in [-0.3, -0.25) is 4.79 Å². The molecule has 1 aromatic rings. The van der Waals surface area contributed by atoms with E-state index in [-0.39, 0.29) is 10.8 Å². The topological polar surface area (TPSA) is 75.7 Å². The fourth-order valence-corrected chi connectivity index (χ4v) is 3.92. The highest BCUT2D eigenvalue weighted by Gasteiger charge is 2.25. The molecule has 0 radical (unpaired) electrons. The molecule has 1 aliphatic heterocycles. The van der Waals surface area contributed by atoms with Crippen LogP contribution in [0.2, 0.25) is 0 Å². The molecule has 2 rings (SSSR count). The van der Waals surface area contributed by atoms with Crippen LogP contribution in [-0.4, -0.2) is 44.9 Å². The second-order valence-electron chi connectivity index (χ2n) is 5.31. The number of sulfonamides is 1. The summed E-state index contributed by atoms with van der Waals surface area (Å²) in [6.45, 7) is 2.79. The molecule has 0 saturated carbocycles. The van der Waals surface area contributed by atoms with Gasteiger partial charge in [-0.05, 0) is 44.0 Å². The van der Waals surface area contributed by atoms with Crippen molar-refractivity contribution in [3.63, 3.8) is 0 Å². The van der Waals surface area contributed by atoms with Crippen LogP contribution in [0.4, 0.5) is 0 Å². The van der Waals surface area contributed by atoms with Crippen LogP contribution < -0.4 is 10.1 Å². The number of nitrogens with one attached hydrogen (secondary N) is 1. The Balaban J connectivity index is 2.09. The van der Waals surface area contributed by atoms with E-state index in [0.717, 1.165) is 19.3 Å². The molecule has 6 nitrogen and oxygen atoms in total. The van der Waals surface area contributed by atoms with Gasteiger partial charge in [-0.25, -0.2) is 8.42 Å². The molecular weight excluding hydrogens is 304 g/mol. The van der Waals surface area contributed by atoms with Crippen molar-refractivity contribution in [2.24, 2.45) is 0 Å². The number of piperidine rings is 1. The van der Waals surface area contributed by atoms with Gasteiger partial charge in [-0.1, -0.05) is 6.42 Å². The van der Waals surface area contributed by atoms with Gasteiger partial charge in [0.15, 0.2) is 6.10 Å². The Bertz CT molecular complexity index is 607. The zero-order chi connectivity index (χ0) is 16.2. The molecule has 0 bridgehead atoms. The van der Waals surface area contributed by atoms with Crippen LogP contribution in [0.5, 0.6) is 5.75 Å². The van der Waals surface area contributed by atoms with Crippen LogP contribution in [-0.2, 0) is 14.8 Å². The van der Waals surface area contributed by atoms with Gasteiger partial charge in [-0.2, -0.15) is 4.31 Å². The first-order chi connectivity index (χ1) is 10.4. The van der Waals surface area contributed by atoms with E-state index in [0.29, 0.717) is 18.8 Å². The number of rotatable bonds is 5. The summed E-state index contributed by atoms with van der Waals surface area (Å²) in [5.41, 5.74) is 0. The number of hydrogen-bond acceptors (Lipinski definition) is 4. The van der Waals surface area contributed by atoms with E-state index in [1.165, 1.54) is 23.5 Å². The lowest BCUT2D eigenvalue weighted by atomic mass is 10.2. The normalized spacial score (nSPS) is 17.7. The number of amides is 1. The van der Waals surface area contributed by atoms with Crippen molar-refractivity contribution in [3.05, 3.63) is 24.3 Å². The van der Waals surface area contributed by atoms with E-state index in [4.69, 9.17) is 4.74 Å². The van der Waals surface area contributed by atoms with E-state index in [1.807, 2.05) is 0 Å². The molecule has 1 aromatic carbocycles. The summed E-state index contributed by atoms with van der Waals surface area (Å²) in [5.74, 6) is 0.235. The summed E-state index contributed by atoms with van der Waals surface area (Å²) in [6.07, 6.45) is 2.26. The third-order valence-electron chi connectivity index (χ3n) is 3.71. The molecule has 0 aromatic heterocycles. The summed E-state index contributed by atoms with van der Waals surface area (Å²) >= 11 is 0. The Morgan fingerprint density at radius 3 is 2.32 bits per heavy atom. The first-order valence-electron chi connectivity index (χ1n) is 7.43. The van der Waals surface area contributed by atoms with E-state index >= 15 is 0 Å². The molecule has 1 aliphatic rings. The molecule has 22 heavy (non-hydrogen) atoms. The van der Waals surface area contributed by atoms with Crippen LogP contribution in [0, 0.1) is 0 Å². The Labute approximate surface area is 131 Å². The zero-order valence-electron chi connectivity index (χ0n) is 12.9. The minimum atomic E-state index is -3.43. The van der Waals surface area contributed by atoms with Crippen molar-refractivity contribution in [2.45, 2.75) is 37.2 Å². The number of likely N-dealkylation sites (N-methyl/N-ethyl adjacent to an activating group) is 1. The number of carbonyl (C=O) groups excluding carboxylic acids is 1. The minimum Gasteiger partial charge on any atom is -0.481 e. The average Bonchev–Trinajstić information content (AvgIpc) is 2.55. The van der Waals surface area contributed by atoms with Crippen LogP contribution in [0.15, 0.2) is 29.2 Å². The summed E-state index contributed by atoms with van der Waals surface area (Å²) < 4.78 is 32.0. The smallest absolute Gasteiger partial charge is 0.260 e. The lowest BCUT2D eigenvalue weighted by Gasteiger charge is -2.25. The minimum absolute atomic E-state index is 0.231. The molecule has 0 spiro atoms. The van der Waals surface area contributed by atoms with E-state index in [1.54, 1.807) is 19.1 Å². The molecule has 7 heteroatoms. The molecular formula is C15H22N2O4S. The molecule has 0 aliphatic carbocycles. The van der Waals surface area contributed by atoms with Crippen molar-refractivity contribution >= 4 is 15.9 Å². The van der Waals surface area contributed by atoms with Gasteiger partial charge < -0.3 is 10.1 Å². The summed E-state index contributed by atoms with van der Waals surface area (Å²) in [4.78, 5) is 11.7. The number of hydrogen-bond donors (Lipinski definition) is 1. The highest BCUT2D eigenvalue weighted by Crippen LogP contribution is 2.23. The highest BCUT2D eigenvalue weighted by atomic mass is 32.2. The molecule has 1 N–H and O–H groups in total. The van der Waals surface area contributed by atoms with Crippen LogP contribution in [0.3, 0.4) is 0 Å². The maximum absolute atomic E-state index is 12.5. The Hall–Kier alpha value is -1.60. The van der Waals surface area contributed by atoms with Gasteiger partial charge in [0, 0.05) is 20.1 Å². The monoisotopic (exact) mass is 326 g/mol. The number of ether oxygens (including phenoxy) is 1. The Morgan fingerprint density at radius 2 is 1.77 bits per heavy atom. The maximum Gasteiger partial charge on any atom is 0.260 e. The summed E-state index contributed by atoms with van der Waals surface area (Å²) in [6, 6.07) is 6.21. The van der Waals surface area contributed by atoms with Crippen molar-refractivity contribution in [3.8, 4) is 5.75 Å². The number of benzene rings is 1. The summed E-state index contributed by atoms with van der Waals surface area (Å²) in [7, 11) is -1.89. The molecule has 122 valence electrons. The van der Waals surface area contributed by atoms with E-state index < -0.39 is 16.1 Å². The highest BCUT2D eigenvalue weighted by molar-refractivity contribution is 7.89. The zero-order valence-corrected chi connectivity index (χ0v) is 13.7. The molecule has 0 unspecified atom stereocenters. The summed E-state index contributed by atoms with van der Waals surface area (Å²) in [5, 5.41) is 2.50. The van der Waals surface area contributed by atoms with E-state index in [9.17, 15) is 13.2 Å². The number of carbonyl (C=O) groups is 1. The second kappa shape index (κ2) is 7.11. The van der Waals surface area contributed by atoms with Crippen LogP contribution in [0.25, 0.3) is 0 Å². The first kappa shape index (κ1) is 16.8. The standard InChI is InChI=1S/C15H22N2O4S/c1-12(15(18)16-2)21-13-6-8-14(9-7-13)22(19,20)17-10-4-3-5-11-17/h6-9,12H,3-5,10-11H2,1-2H3,(H,16,18)/t12-/m1/s1. The van der Waals surface area contributed by atoms with E-state index in [2.05, 4.69) is 5.32 Å². The van der Waals surface area contributed by atoms with Gasteiger partial charge in [-0.15, -0.1) is 0 Å². The fourth-order valence-electron chi connectivity index (χ4n) is 2.41. The van der Waals surface area contributed by atoms with Crippen molar-refractivity contribution in [2.75, 3.05) is 20.1 Å². The van der Waals surface area contributed by atoms with Crippen LogP contribution in [0.1, 0.15) is 26.2 Å². The average molecular weight is 326 g/mol. The van der Waals surface area contributed by atoms with Gasteiger partial charge in [0.1, 0.15) is 5.75 Å². The lowest BCUT2D eigenvalue weighted by Crippen LogP contribution is -2.35. The van der Waals surface area contributed by atoms with Gasteiger partial charge in [0.2, 0.25) is 10.0 Å². The molecule has 1 saturated heterocycles. The second-order valence-corrected chi connectivity index (χ2v) is 7.25. The SMILES string of the molecule is CNC(=O)[C@@H](C)Oc1ccc(S(=O)(=O)N2CCCCC2)cc1. The van der Waals surface area contributed by atoms with Gasteiger partial charge in [0.25, 0.3) is 5.91 Å². The van der Waals surface area contributed by atoms with Crippen molar-refractivity contribution in [1.29, 1.82) is 0 Å². The molecule has 1 heterocycles. The molecule has 1 amide bonds. The largest absolute Gasteiger partial charge is 0.481 e. The lowest BCUT2D eigenvalue weighted by molar-refractivity contribution is -0.126. The van der Waals surface area contributed by atoms with Crippen molar-refractivity contribution < 1.29 is 17.9 Å². The quantitative estimate of drug-likeness (QED) is 0.887. The first-order valence-corrected chi connectivity index (χ1v) is 8.87. The third kappa shape index (κ3) is 3.78. The molecule has 1 fully saturated rings.